The molecule has 2 aliphatic heterocycles. The Morgan fingerprint density at radius 3 is 2.62 bits per heavy atom. The van der Waals surface area contributed by atoms with Crippen molar-refractivity contribution in [1.82, 2.24) is 15.1 Å². The Kier molecular flexibility index (Phi) is 13.1. The molecule has 0 aliphatic carbocycles. The second kappa shape index (κ2) is 13.2. The highest BCUT2D eigenvalue weighted by molar-refractivity contribution is 5.85. The van der Waals surface area contributed by atoms with Crippen LogP contribution in [0.1, 0.15) is 39.5 Å². The Morgan fingerprint density at radius 1 is 1.25 bits per heavy atom. The van der Waals surface area contributed by atoms with Crippen LogP contribution in [-0.2, 0) is 9.53 Å². The molecule has 0 spiro atoms. The molecule has 1 amide bonds. The van der Waals surface area contributed by atoms with Crippen LogP contribution >= 0.6 is 24.8 Å². The van der Waals surface area contributed by atoms with Gasteiger partial charge >= 0.3 is 0 Å². The average Bonchev–Trinajstić information content (AvgIpc) is 3.20. The maximum absolute atomic E-state index is 12.3. The molecular formula is C17H35Cl2N3O2. The highest BCUT2D eigenvalue weighted by Crippen LogP contribution is 2.18. The van der Waals surface area contributed by atoms with E-state index in [4.69, 9.17) is 4.74 Å². The number of nitrogens with one attached hydrogen (secondary N) is 1. The predicted molar refractivity (Wildman–Crippen MR) is 103 cm³/mol. The first-order valence-corrected chi connectivity index (χ1v) is 9.05. The zero-order valence-corrected chi connectivity index (χ0v) is 16.8. The first-order chi connectivity index (χ1) is 10.7. The minimum Gasteiger partial charge on any atom is -0.375 e. The number of amides is 1. The maximum Gasteiger partial charge on any atom is 0.222 e. The molecule has 2 fully saturated rings. The molecule has 0 bridgehead atoms. The third kappa shape index (κ3) is 7.87. The second-order valence-electron chi connectivity index (χ2n) is 6.55. The molecule has 0 aromatic heterocycles. The summed E-state index contributed by atoms with van der Waals surface area (Å²) in [7, 11) is 0. The van der Waals surface area contributed by atoms with Crippen LogP contribution in [-0.4, -0.2) is 74.2 Å². The van der Waals surface area contributed by atoms with Gasteiger partial charge in [-0.1, -0.05) is 13.8 Å². The number of halogens is 2. The van der Waals surface area contributed by atoms with Gasteiger partial charge in [-0.05, 0) is 51.4 Å². The fourth-order valence-electron chi connectivity index (χ4n) is 3.43. The van der Waals surface area contributed by atoms with Crippen molar-refractivity contribution >= 4 is 30.7 Å². The van der Waals surface area contributed by atoms with Gasteiger partial charge in [0.25, 0.3) is 0 Å². The van der Waals surface area contributed by atoms with E-state index >= 15 is 0 Å². The third-order valence-electron chi connectivity index (χ3n) is 5.08. The summed E-state index contributed by atoms with van der Waals surface area (Å²) in [6.45, 7) is 12.1. The van der Waals surface area contributed by atoms with Gasteiger partial charge in [-0.2, -0.15) is 0 Å². The van der Waals surface area contributed by atoms with Crippen molar-refractivity contribution in [1.29, 1.82) is 0 Å². The summed E-state index contributed by atoms with van der Waals surface area (Å²) >= 11 is 0. The van der Waals surface area contributed by atoms with Crippen LogP contribution in [0.3, 0.4) is 0 Å². The summed E-state index contributed by atoms with van der Waals surface area (Å²) in [5.74, 6) is 1.02. The quantitative estimate of drug-likeness (QED) is 0.662. The first-order valence-electron chi connectivity index (χ1n) is 9.05. The van der Waals surface area contributed by atoms with Crippen molar-refractivity contribution in [3.8, 4) is 0 Å². The van der Waals surface area contributed by atoms with Gasteiger partial charge in [-0.3, -0.25) is 4.79 Å². The third-order valence-corrected chi connectivity index (χ3v) is 5.08. The molecule has 2 aliphatic rings. The van der Waals surface area contributed by atoms with E-state index in [1.165, 1.54) is 6.42 Å². The highest BCUT2D eigenvalue weighted by Gasteiger charge is 2.27. The number of likely N-dealkylation sites (tertiary alicyclic amines) is 1. The van der Waals surface area contributed by atoms with Crippen molar-refractivity contribution in [3.05, 3.63) is 0 Å². The maximum atomic E-state index is 12.3. The number of hydrogen-bond acceptors (Lipinski definition) is 4. The molecule has 2 unspecified atom stereocenters. The second-order valence-corrected chi connectivity index (χ2v) is 6.55. The minimum atomic E-state index is 0. The van der Waals surface area contributed by atoms with Gasteiger partial charge < -0.3 is 19.9 Å². The lowest BCUT2D eigenvalue weighted by Gasteiger charge is -2.20. The van der Waals surface area contributed by atoms with Gasteiger partial charge in [0.15, 0.2) is 0 Å². The van der Waals surface area contributed by atoms with Crippen molar-refractivity contribution in [2.24, 2.45) is 5.92 Å². The monoisotopic (exact) mass is 383 g/mol. The van der Waals surface area contributed by atoms with Crippen LogP contribution in [0.25, 0.3) is 0 Å². The molecule has 5 nitrogen and oxygen atoms in total. The molecule has 2 heterocycles. The Bertz CT molecular complexity index is 338. The highest BCUT2D eigenvalue weighted by atomic mass is 35.5. The first kappa shape index (κ1) is 23.9. The molecule has 1 N–H and O–H groups in total. The molecule has 0 radical (unpaired) electrons. The fourth-order valence-corrected chi connectivity index (χ4v) is 3.43. The Morgan fingerprint density at radius 2 is 2.00 bits per heavy atom. The van der Waals surface area contributed by atoms with Gasteiger partial charge in [-0.25, -0.2) is 0 Å². The SMILES string of the molecule is CCN(CC)CCOC1CCN(C(=O)CCC2CCNC2)C1.Cl.Cl. The summed E-state index contributed by atoms with van der Waals surface area (Å²) in [5.41, 5.74) is 0. The normalized spacial score (nSPS) is 23.2. The van der Waals surface area contributed by atoms with Crippen LogP contribution in [0.15, 0.2) is 0 Å². The van der Waals surface area contributed by atoms with E-state index in [9.17, 15) is 4.79 Å². The molecule has 2 atom stereocenters. The summed E-state index contributed by atoms with van der Waals surface area (Å²) in [6, 6.07) is 0. The molecule has 2 rings (SSSR count). The fraction of sp³-hybridized carbons (Fsp3) is 0.941. The lowest BCUT2D eigenvalue weighted by molar-refractivity contribution is -0.131. The largest absolute Gasteiger partial charge is 0.375 e. The number of nitrogens with zero attached hydrogens (tertiary/aromatic N) is 2. The lowest BCUT2D eigenvalue weighted by atomic mass is 10.0. The van der Waals surface area contributed by atoms with Crippen LogP contribution in [0.4, 0.5) is 0 Å². The number of ether oxygens (including phenoxy) is 1. The Hall–Kier alpha value is -0.0700. The average molecular weight is 384 g/mol. The number of carbonyl (C=O) groups excluding carboxylic acids is 1. The van der Waals surface area contributed by atoms with Crippen LogP contribution in [0.5, 0.6) is 0 Å². The van der Waals surface area contributed by atoms with E-state index in [-0.39, 0.29) is 30.9 Å². The van der Waals surface area contributed by atoms with Crippen LogP contribution in [0, 0.1) is 5.92 Å². The number of likely N-dealkylation sites (N-methyl/N-ethyl adjacent to an activating group) is 1. The molecule has 24 heavy (non-hydrogen) atoms. The molecule has 0 aromatic rings. The Labute approximate surface area is 159 Å². The molecule has 7 heteroatoms. The zero-order valence-electron chi connectivity index (χ0n) is 15.2. The molecule has 144 valence electrons. The number of rotatable bonds is 9. The van der Waals surface area contributed by atoms with E-state index < -0.39 is 0 Å². The zero-order chi connectivity index (χ0) is 15.8. The van der Waals surface area contributed by atoms with Crippen molar-refractivity contribution < 1.29 is 9.53 Å². The van der Waals surface area contributed by atoms with Crippen molar-refractivity contribution in [3.63, 3.8) is 0 Å². The van der Waals surface area contributed by atoms with Gasteiger partial charge in [0.2, 0.25) is 5.91 Å². The van der Waals surface area contributed by atoms with Crippen LogP contribution < -0.4 is 5.32 Å². The number of carbonyl (C=O) groups is 1. The molecule has 0 saturated carbocycles. The topological polar surface area (TPSA) is 44.8 Å². The van der Waals surface area contributed by atoms with Gasteiger partial charge in [-0.15, -0.1) is 24.8 Å². The van der Waals surface area contributed by atoms with E-state index in [1.54, 1.807) is 0 Å². The molecule has 0 aromatic carbocycles. The van der Waals surface area contributed by atoms with E-state index in [0.717, 1.165) is 65.3 Å². The van der Waals surface area contributed by atoms with Gasteiger partial charge in [0.05, 0.1) is 12.7 Å². The standard InChI is InChI=1S/C17H33N3O2.2ClH/c1-3-19(4-2)11-12-22-16-8-10-20(14-16)17(21)6-5-15-7-9-18-13-15;;/h15-16,18H,3-14H2,1-2H3;2*1H. The van der Waals surface area contributed by atoms with Gasteiger partial charge in [0, 0.05) is 26.1 Å². The smallest absolute Gasteiger partial charge is 0.222 e. The van der Waals surface area contributed by atoms with Crippen molar-refractivity contribution in [2.75, 3.05) is 52.4 Å². The summed E-state index contributed by atoms with van der Waals surface area (Å²) in [5, 5.41) is 3.37. The number of hydrogen-bond donors (Lipinski definition) is 1. The van der Waals surface area contributed by atoms with E-state index in [1.807, 2.05) is 4.90 Å². The molecule has 2 saturated heterocycles. The van der Waals surface area contributed by atoms with E-state index in [2.05, 4.69) is 24.1 Å². The predicted octanol–water partition coefficient (Wildman–Crippen LogP) is 2.18. The summed E-state index contributed by atoms with van der Waals surface area (Å²) in [4.78, 5) is 16.6. The minimum absolute atomic E-state index is 0. The van der Waals surface area contributed by atoms with Gasteiger partial charge in [0.1, 0.15) is 0 Å². The summed E-state index contributed by atoms with van der Waals surface area (Å²) < 4.78 is 5.95. The summed E-state index contributed by atoms with van der Waals surface area (Å²) in [6.07, 6.45) is 4.21. The lowest BCUT2D eigenvalue weighted by Crippen LogP contribution is -2.32. The van der Waals surface area contributed by atoms with Crippen molar-refractivity contribution in [2.45, 2.75) is 45.6 Å². The Balaban J connectivity index is 0.00000264. The molecular weight excluding hydrogens is 349 g/mol. The van der Waals surface area contributed by atoms with E-state index in [0.29, 0.717) is 18.2 Å². The van der Waals surface area contributed by atoms with Crippen LogP contribution in [0.2, 0.25) is 0 Å².